The van der Waals surface area contributed by atoms with E-state index in [2.05, 4.69) is 4.98 Å². The van der Waals surface area contributed by atoms with Crippen molar-refractivity contribution in [2.75, 3.05) is 13.2 Å². The Hall–Kier alpha value is -2.14. The van der Waals surface area contributed by atoms with Gasteiger partial charge in [-0.1, -0.05) is 0 Å². The highest BCUT2D eigenvalue weighted by Gasteiger charge is 2.22. The smallest absolute Gasteiger partial charge is 0.253 e. The molecule has 2 aromatic rings. The summed E-state index contributed by atoms with van der Waals surface area (Å²) in [6, 6.07) is 9.10. The lowest BCUT2D eigenvalue weighted by molar-refractivity contribution is 0.263. The van der Waals surface area contributed by atoms with Gasteiger partial charge in [0.15, 0.2) is 0 Å². The maximum absolute atomic E-state index is 11.8. The summed E-state index contributed by atoms with van der Waals surface area (Å²) in [5.41, 5.74) is 1.55. The van der Waals surface area contributed by atoms with Crippen LogP contribution in [0.15, 0.2) is 35.1 Å². The minimum Gasteiger partial charge on any atom is -0.491 e. The van der Waals surface area contributed by atoms with Gasteiger partial charge in [0.25, 0.3) is 5.56 Å². The molecule has 5 heteroatoms. The third kappa shape index (κ3) is 2.72. The predicted octanol–water partition coefficient (Wildman–Crippen LogP) is 1.53. The molecule has 1 saturated heterocycles. The van der Waals surface area contributed by atoms with Crippen LogP contribution in [-0.4, -0.2) is 28.9 Å². The molecule has 0 radical (unpaired) electrons. The Bertz CT molecular complexity index is 673. The molecule has 1 unspecified atom stereocenters. The minimum atomic E-state index is -0.0568. The van der Waals surface area contributed by atoms with E-state index in [1.165, 1.54) is 6.07 Å². The van der Waals surface area contributed by atoms with Gasteiger partial charge < -0.3 is 9.47 Å². The van der Waals surface area contributed by atoms with Crippen LogP contribution >= 0.6 is 0 Å². The lowest BCUT2D eigenvalue weighted by Gasteiger charge is -2.09. The fourth-order valence-corrected chi connectivity index (χ4v) is 1.97. The van der Waals surface area contributed by atoms with Gasteiger partial charge in [-0.2, -0.15) is 0 Å². The van der Waals surface area contributed by atoms with Crippen molar-refractivity contribution < 1.29 is 9.47 Å². The van der Waals surface area contributed by atoms with Crippen molar-refractivity contribution in [1.82, 2.24) is 9.55 Å². The number of rotatable bonds is 4. The van der Waals surface area contributed by atoms with Crippen molar-refractivity contribution in [2.24, 2.45) is 7.05 Å². The molecular formula is C15H16N2O3. The van der Waals surface area contributed by atoms with E-state index >= 15 is 0 Å². The molecule has 1 atom stereocenters. The topological polar surface area (TPSA) is 56.6 Å². The van der Waals surface area contributed by atoms with Gasteiger partial charge in [0.2, 0.25) is 0 Å². The highest BCUT2D eigenvalue weighted by atomic mass is 16.6. The molecule has 2 heterocycles. The molecule has 5 nitrogen and oxygen atoms in total. The van der Waals surface area contributed by atoms with Gasteiger partial charge in [-0.05, 0) is 31.2 Å². The molecule has 0 bridgehead atoms. The zero-order valence-electron chi connectivity index (χ0n) is 11.5. The summed E-state index contributed by atoms with van der Waals surface area (Å²) in [5, 5.41) is 0. The van der Waals surface area contributed by atoms with E-state index in [1.54, 1.807) is 11.6 Å². The summed E-state index contributed by atoms with van der Waals surface area (Å²) in [7, 11) is 1.72. The van der Waals surface area contributed by atoms with Crippen molar-refractivity contribution in [3.05, 3.63) is 46.4 Å². The van der Waals surface area contributed by atoms with Crippen molar-refractivity contribution in [2.45, 2.75) is 13.0 Å². The van der Waals surface area contributed by atoms with Crippen LogP contribution in [0.1, 0.15) is 5.69 Å². The quantitative estimate of drug-likeness (QED) is 0.792. The molecule has 1 aliphatic heterocycles. The van der Waals surface area contributed by atoms with Gasteiger partial charge >= 0.3 is 0 Å². The number of benzene rings is 1. The standard InChI is InChI=1S/C15H16N2O3/c1-10-7-14(18)17(2)15(16-10)11-3-5-12(6-4-11)19-8-13-9-20-13/h3-7,13H,8-9H2,1-2H3. The van der Waals surface area contributed by atoms with Crippen LogP contribution in [0.2, 0.25) is 0 Å². The number of hydrogen-bond acceptors (Lipinski definition) is 4. The Balaban J connectivity index is 1.84. The van der Waals surface area contributed by atoms with Crippen molar-refractivity contribution in [3.8, 4) is 17.1 Å². The molecule has 20 heavy (non-hydrogen) atoms. The largest absolute Gasteiger partial charge is 0.491 e. The zero-order valence-corrected chi connectivity index (χ0v) is 11.5. The molecule has 1 fully saturated rings. The maximum atomic E-state index is 11.8. The first-order valence-corrected chi connectivity index (χ1v) is 6.53. The summed E-state index contributed by atoms with van der Waals surface area (Å²) in [6.45, 7) is 3.19. The molecule has 3 rings (SSSR count). The van der Waals surface area contributed by atoms with E-state index in [0.717, 1.165) is 17.9 Å². The first-order valence-electron chi connectivity index (χ1n) is 6.53. The molecular weight excluding hydrogens is 256 g/mol. The normalized spacial score (nSPS) is 17.0. The fourth-order valence-electron chi connectivity index (χ4n) is 1.97. The highest BCUT2D eigenvalue weighted by Crippen LogP contribution is 2.21. The second-order valence-electron chi connectivity index (χ2n) is 4.91. The van der Waals surface area contributed by atoms with Crippen LogP contribution in [0, 0.1) is 6.92 Å². The number of aryl methyl sites for hydroxylation is 1. The molecule has 0 amide bonds. The number of hydrogen-bond donors (Lipinski definition) is 0. The Morgan fingerprint density at radius 3 is 2.75 bits per heavy atom. The summed E-state index contributed by atoms with van der Waals surface area (Å²) in [5.74, 6) is 1.45. The third-order valence-electron chi connectivity index (χ3n) is 3.21. The molecule has 1 aromatic heterocycles. The van der Waals surface area contributed by atoms with Crippen LogP contribution in [0.25, 0.3) is 11.4 Å². The maximum Gasteiger partial charge on any atom is 0.253 e. The van der Waals surface area contributed by atoms with Gasteiger partial charge in [0, 0.05) is 24.4 Å². The molecule has 1 aromatic carbocycles. The Labute approximate surface area is 116 Å². The van der Waals surface area contributed by atoms with Gasteiger partial charge in [-0.15, -0.1) is 0 Å². The number of aromatic nitrogens is 2. The van der Waals surface area contributed by atoms with E-state index < -0.39 is 0 Å². The van der Waals surface area contributed by atoms with Gasteiger partial charge in [0.05, 0.1) is 6.61 Å². The lowest BCUT2D eigenvalue weighted by atomic mass is 10.2. The number of ether oxygens (including phenoxy) is 2. The van der Waals surface area contributed by atoms with E-state index in [0.29, 0.717) is 18.1 Å². The Kier molecular flexibility index (Phi) is 3.28. The van der Waals surface area contributed by atoms with Crippen molar-refractivity contribution in [1.29, 1.82) is 0 Å². The fraction of sp³-hybridized carbons (Fsp3) is 0.333. The second-order valence-corrected chi connectivity index (χ2v) is 4.91. The van der Waals surface area contributed by atoms with Crippen LogP contribution < -0.4 is 10.3 Å². The Morgan fingerprint density at radius 2 is 2.10 bits per heavy atom. The highest BCUT2D eigenvalue weighted by molar-refractivity contribution is 5.56. The van der Waals surface area contributed by atoms with Gasteiger partial charge in [-0.25, -0.2) is 4.98 Å². The number of epoxide rings is 1. The van der Waals surface area contributed by atoms with Gasteiger partial charge in [0.1, 0.15) is 24.3 Å². The molecule has 0 aliphatic carbocycles. The Morgan fingerprint density at radius 1 is 1.40 bits per heavy atom. The zero-order chi connectivity index (χ0) is 14.1. The molecule has 0 N–H and O–H groups in total. The van der Waals surface area contributed by atoms with Crippen molar-refractivity contribution in [3.63, 3.8) is 0 Å². The first-order chi connectivity index (χ1) is 9.63. The monoisotopic (exact) mass is 272 g/mol. The second kappa shape index (κ2) is 5.09. The van der Waals surface area contributed by atoms with Crippen LogP contribution in [0.3, 0.4) is 0 Å². The molecule has 104 valence electrons. The minimum absolute atomic E-state index is 0.0568. The average Bonchev–Trinajstić information content (AvgIpc) is 3.25. The van der Waals surface area contributed by atoms with Crippen LogP contribution in [0.5, 0.6) is 5.75 Å². The first kappa shape index (κ1) is 12.9. The van der Waals surface area contributed by atoms with E-state index in [4.69, 9.17) is 9.47 Å². The van der Waals surface area contributed by atoms with Gasteiger partial charge in [-0.3, -0.25) is 9.36 Å². The summed E-state index contributed by atoms with van der Waals surface area (Å²) in [6.07, 6.45) is 0.244. The van der Waals surface area contributed by atoms with Crippen LogP contribution in [-0.2, 0) is 11.8 Å². The van der Waals surface area contributed by atoms with Crippen LogP contribution in [0.4, 0.5) is 0 Å². The molecule has 0 spiro atoms. The third-order valence-corrected chi connectivity index (χ3v) is 3.21. The molecule has 1 aliphatic rings. The average molecular weight is 272 g/mol. The SMILES string of the molecule is Cc1cc(=O)n(C)c(-c2ccc(OCC3CO3)cc2)n1. The van der Waals surface area contributed by atoms with E-state index in [9.17, 15) is 4.79 Å². The lowest BCUT2D eigenvalue weighted by Crippen LogP contribution is -2.19. The van der Waals surface area contributed by atoms with Crippen molar-refractivity contribution >= 4 is 0 Å². The van der Waals surface area contributed by atoms with E-state index in [-0.39, 0.29) is 11.7 Å². The number of nitrogens with zero attached hydrogens (tertiary/aromatic N) is 2. The molecule has 0 saturated carbocycles. The van der Waals surface area contributed by atoms with E-state index in [1.807, 2.05) is 31.2 Å². The summed E-state index contributed by atoms with van der Waals surface area (Å²) >= 11 is 0. The summed E-state index contributed by atoms with van der Waals surface area (Å²) in [4.78, 5) is 16.2. The predicted molar refractivity (Wildman–Crippen MR) is 74.9 cm³/mol. The summed E-state index contributed by atoms with van der Waals surface area (Å²) < 4.78 is 12.2.